The van der Waals surface area contributed by atoms with E-state index >= 15 is 0 Å². The lowest BCUT2D eigenvalue weighted by atomic mass is 10.1. The van der Waals surface area contributed by atoms with E-state index in [0.717, 1.165) is 5.56 Å². The van der Waals surface area contributed by atoms with Crippen molar-refractivity contribution >= 4 is 29.7 Å². The van der Waals surface area contributed by atoms with Gasteiger partial charge >= 0.3 is 12.0 Å². The number of rotatable bonds is 10. The van der Waals surface area contributed by atoms with Gasteiger partial charge in [0.05, 0.1) is 6.54 Å². The van der Waals surface area contributed by atoms with Crippen LogP contribution in [0.25, 0.3) is 0 Å². The number of nitrogens with two attached hydrogens (primary N) is 1. The number of urea groups is 1. The topological polar surface area (TPSA) is 180 Å². The van der Waals surface area contributed by atoms with Crippen LogP contribution < -0.4 is 27.0 Å². The van der Waals surface area contributed by atoms with E-state index in [0.29, 0.717) is 0 Å². The molecular formula is C17H23N5O6. The van der Waals surface area contributed by atoms with Gasteiger partial charge in [0.15, 0.2) is 0 Å². The fourth-order valence-electron chi connectivity index (χ4n) is 2.11. The second-order valence-corrected chi connectivity index (χ2v) is 5.87. The van der Waals surface area contributed by atoms with Crippen LogP contribution in [-0.2, 0) is 25.6 Å². The number of hydrogen-bond donors (Lipinski definition) is 6. The molecule has 2 atom stereocenters. The van der Waals surface area contributed by atoms with Gasteiger partial charge in [-0.15, -0.1) is 0 Å². The number of carbonyl (C=O) groups excluding carboxylic acids is 4. The Morgan fingerprint density at radius 3 is 2.21 bits per heavy atom. The van der Waals surface area contributed by atoms with Crippen molar-refractivity contribution in [2.45, 2.75) is 25.4 Å². The first-order valence-electron chi connectivity index (χ1n) is 8.35. The third-order valence-corrected chi connectivity index (χ3v) is 3.53. The van der Waals surface area contributed by atoms with Gasteiger partial charge in [-0.05, 0) is 12.5 Å². The Labute approximate surface area is 161 Å². The van der Waals surface area contributed by atoms with Gasteiger partial charge < -0.3 is 32.1 Å². The summed E-state index contributed by atoms with van der Waals surface area (Å²) < 4.78 is 0. The molecule has 11 heteroatoms. The Morgan fingerprint density at radius 1 is 1.00 bits per heavy atom. The lowest BCUT2D eigenvalue weighted by molar-refractivity contribution is -0.135. The molecule has 1 aromatic rings. The highest BCUT2D eigenvalue weighted by molar-refractivity contribution is 5.92. The summed E-state index contributed by atoms with van der Waals surface area (Å²) in [5.74, 6) is -3.24. The fourth-order valence-corrected chi connectivity index (χ4v) is 2.11. The molecule has 7 N–H and O–H groups in total. The van der Waals surface area contributed by atoms with E-state index in [1.807, 2.05) is 11.4 Å². The normalized spacial score (nSPS) is 12.2. The number of carboxylic acid groups (broad SMARTS) is 1. The van der Waals surface area contributed by atoms with Gasteiger partial charge in [-0.1, -0.05) is 30.3 Å². The minimum atomic E-state index is -1.23. The van der Waals surface area contributed by atoms with E-state index < -0.39 is 54.9 Å². The molecular weight excluding hydrogens is 370 g/mol. The zero-order chi connectivity index (χ0) is 21.1. The Balaban J connectivity index is 2.44. The standard InChI is InChI=1S/C17H23N5O6/c1-10(21-17(28)20-9-14(24)25)16(27)19-8-13(23)22-12(15(18)26)7-11-5-3-2-4-6-11/h2-6,10,12H,7-9H2,1H3,(H2,18,26)(H,19,27)(H,22,23)(H,24,25)(H2,20,21,28)/t10-,12-/m0/s1. The molecule has 0 heterocycles. The smallest absolute Gasteiger partial charge is 0.323 e. The van der Waals surface area contributed by atoms with Crippen molar-refractivity contribution in [1.29, 1.82) is 0 Å². The summed E-state index contributed by atoms with van der Waals surface area (Å²) in [6.07, 6.45) is 0.206. The van der Waals surface area contributed by atoms with E-state index in [9.17, 15) is 24.0 Å². The predicted octanol–water partition coefficient (Wildman–Crippen LogP) is -1.91. The maximum atomic E-state index is 12.0. The molecule has 0 aliphatic carbocycles. The third kappa shape index (κ3) is 8.65. The van der Waals surface area contributed by atoms with Crippen LogP contribution in [0.15, 0.2) is 30.3 Å². The van der Waals surface area contributed by atoms with Crippen LogP contribution in [0, 0.1) is 0 Å². The largest absolute Gasteiger partial charge is 0.480 e. The highest BCUT2D eigenvalue weighted by atomic mass is 16.4. The van der Waals surface area contributed by atoms with Gasteiger partial charge in [-0.2, -0.15) is 0 Å². The van der Waals surface area contributed by atoms with E-state index in [4.69, 9.17) is 10.8 Å². The summed E-state index contributed by atoms with van der Waals surface area (Å²) in [4.78, 5) is 57.2. The van der Waals surface area contributed by atoms with Crippen LogP contribution in [0.3, 0.4) is 0 Å². The summed E-state index contributed by atoms with van der Waals surface area (Å²) in [7, 11) is 0. The second kappa shape index (κ2) is 11.2. The lowest BCUT2D eigenvalue weighted by Gasteiger charge is -2.17. The van der Waals surface area contributed by atoms with Crippen LogP contribution in [0.4, 0.5) is 4.79 Å². The molecule has 1 aromatic carbocycles. The first-order valence-corrected chi connectivity index (χ1v) is 8.35. The van der Waals surface area contributed by atoms with Gasteiger partial charge in [0.1, 0.15) is 18.6 Å². The predicted molar refractivity (Wildman–Crippen MR) is 97.9 cm³/mol. The summed E-state index contributed by atoms with van der Waals surface area (Å²) >= 11 is 0. The van der Waals surface area contributed by atoms with Crippen molar-refractivity contribution in [3.05, 3.63) is 35.9 Å². The number of carboxylic acids is 1. The Kier molecular flexibility index (Phi) is 8.93. The lowest BCUT2D eigenvalue weighted by Crippen LogP contribution is -2.52. The number of hydrogen-bond acceptors (Lipinski definition) is 5. The SMILES string of the molecule is C[C@H](NC(=O)NCC(=O)O)C(=O)NCC(=O)N[C@@H](Cc1ccccc1)C(N)=O. The van der Waals surface area contributed by atoms with Gasteiger partial charge in [-0.25, -0.2) is 4.79 Å². The molecule has 152 valence electrons. The van der Waals surface area contributed by atoms with Gasteiger partial charge in [-0.3, -0.25) is 19.2 Å². The van der Waals surface area contributed by atoms with Crippen LogP contribution in [0.1, 0.15) is 12.5 Å². The zero-order valence-electron chi connectivity index (χ0n) is 15.2. The Bertz CT molecular complexity index is 724. The van der Waals surface area contributed by atoms with Crippen molar-refractivity contribution in [1.82, 2.24) is 21.3 Å². The highest BCUT2D eigenvalue weighted by Gasteiger charge is 2.20. The first-order chi connectivity index (χ1) is 13.2. The summed E-state index contributed by atoms with van der Waals surface area (Å²) in [5.41, 5.74) is 6.11. The number of carbonyl (C=O) groups is 5. The van der Waals surface area contributed by atoms with Crippen molar-refractivity contribution in [3.63, 3.8) is 0 Å². The molecule has 0 aliphatic heterocycles. The number of amides is 5. The highest BCUT2D eigenvalue weighted by Crippen LogP contribution is 2.03. The third-order valence-electron chi connectivity index (χ3n) is 3.53. The summed E-state index contributed by atoms with van der Waals surface area (Å²) in [6.45, 7) is 0.327. The molecule has 0 saturated carbocycles. The first kappa shape index (κ1) is 22.4. The molecule has 1 rings (SSSR count). The van der Waals surface area contributed by atoms with E-state index in [-0.39, 0.29) is 6.42 Å². The second-order valence-electron chi connectivity index (χ2n) is 5.87. The number of benzene rings is 1. The number of nitrogens with one attached hydrogen (secondary N) is 4. The Morgan fingerprint density at radius 2 is 1.64 bits per heavy atom. The maximum absolute atomic E-state index is 12.0. The van der Waals surface area contributed by atoms with Gasteiger partial charge in [0, 0.05) is 6.42 Å². The van der Waals surface area contributed by atoms with E-state index in [1.54, 1.807) is 24.3 Å². The molecule has 0 fully saturated rings. The van der Waals surface area contributed by atoms with Crippen LogP contribution >= 0.6 is 0 Å². The number of primary amides is 1. The molecule has 0 aromatic heterocycles. The quantitative estimate of drug-likeness (QED) is 0.270. The fraction of sp³-hybridized carbons (Fsp3) is 0.353. The molecule has 28 heavy (non-hydrogen) atoms. The average Bonchev–Trinajstić information content (AvgIpc) is 2.64. The molecule has 0 unspecified atom stereocenters. The molecule has 0 radical (unpaired) electrons. The average molecular weight is 393 g/mol. The van der Waals surface area contributed by atoms with E-state index in [2.05, 4.69) is 16.0 Å². The molecule has 0 spiro atoms. The molecule has 11 nitrogen and oxygen atoms in total. The van der Waals surface area contributed by atoms with Crippen molar-refractivity contribution in [2.75, 3.05) is 13.1 Å². The van der Waals surface area contributed by atoms with Crippen LogP contribution in [-0.4, -0.2) is 60.0 Å². The Hall–Kier alpha value is -3.63. The number of aliphatic carboxylic acids is 1. The van der Waals surface area contributed by atoms with Crippen LogP contribution in [0.5, 0.6) is 0 Å². The minimum Gasteiger partial charge on any atom is -0.480 e. The summed E-state index contributed by atoms with van der Waals surface area (Å²) in [6, 6.07) is 6.16. The maximum Gasteiger partial charge on any atom is 0.323 e. The van der Waals surface area contributed by atoms with Crippen molar-refractivity contribution < 1.29 is 29.1 Å². The summed E-state index contributed by atoms with van der Waals surface area (Å²) in [5, 5.41) is 17.4. The van der Waals surface area contributed by atoms with E-state index in [1.165, 1.54) is 6.92 Å². The molecule has 0 saturated heterocycles. The monoisotopic (exact) mass is 393 g/mol. The zero-order valence-corrected chi connectivity index (χ0v) is 15.2. The van der Waals surface area contributed by atoms with Gasteiger partial charge in [0.2, 0.25) is 17.7 Å². The van der Waals surface area contributed by atoms with Crippen molar-refractivity contribution in [3.8, 4) is 0 Å². The molecule has 5 amide bonds. The van der Waals surface area contributed by atoms with Gasteiger partial charge in [0.25, 0.3) is 0 Å². The molecule has 0 bridgehead atoms. The minimum absolute atomic E-state index is 0.206. The van der Waals surface area contributed by atoms with Crippen molar-refractivity contribution in [2.24, 2.45) is 5.73 Å². The van der Waals surface area contributed by atoms with Crippen LogP contribution in [0.2, 0.25) is 0 Å². The molecule has 0 aliphatic rings.